The van der Waals surface area contributed by atoms with Gasteiger partial charge in [-0.25, -0.2) is 16.8 Å². The first-order chi connectivity index (χ1) is 6.21. The standard InChI is InChI=1S/C6H14O6S2.Sr/c7-13(8,9)5-3-1-2-4-6-14(10,11)12;/h1-6H2,(H,7,8,9)(H,10,11,12);/q;+2/p-2. The molecule has 0 amide bonds. The van der Waals surface area contributed by atoms with E-state index < -0.39 is 31.7 Å². The fourth-order valence-corrected chi connectivity index (χ4v) is 2.03. The minimum atomic E-state index is -4.17. The molecule has 0 aliphatic rings. The molecule has 0 saturated carbocycles. The molecule has 0 spiro atoms. The molecule has 0 aromatic carbocycles. The van der Waals surface area contributed by atoms with E-state index >= 15 is 0 Å². The summed E-state index contributed by atoms with van der Waals surface area (Å²) in [5.41, 5.74) is 0. The summed E-state index contributed by atoms with van der Waals surface area (Å²) in [6.45, 7) is 0. The first-order valence-electron chi connectivity index (χ1n) is 4.08. The van der Waals surface area contributed by atoms with Crippen LogP contribution in [0.5, 0.6) is 0 Å². The summed E-state index contributed by atoms with van der Waals surface area (Å²) in [4.78, 5) is 0. The zero-order chi connectivity index (χ0) is 11.2. The largest absolute Gasteiger partial charge is 2.00 e. The van der Waals surface area contributed by atoms with Gasteiger partial charge >= 0.3 is 45.5 Å². The molecule has 0 aliphatic carbocycles. The van der Waals surface area contributed by atoms with Crippen LogP contribution in [-0.4, -0.2) is 82.9 Å². The van der Waals surface area contributed by atoms with E-state index in [0.717, 1.165) is 0 Å². The maximum absolute atomic E-state index is 10.1. The van der Waals surface area contributed by atoms with Crippen molar-refractivity contribution in [3.8, 4) is 0 Å². The van der Waals surface area contributed by atoms with Crippen molar-refractivity contribution in [2.75, 3.05) is 11.5 Å². The van der Waals surface area contributed by atoms with Crippen LogP contribution in [0.25, 0.3) is 0 Å². The maximum Gasteiger partial charge on any atom is 2.00 e. The van der Waals surface area contributed by atoms with Crippen LogP contribution in [0.15, 0.2) is 0 Å². The molecule has 0 saturated heterocycles. The van der Waals surface area contributed by atoms with Crippen LogP contribution in [0.4, 0.5) is 0 Å². The SMILES string of the molecule is O=S(=O)([O-])CCCCCCS(=O)(=O)[O-].[Sr+2]. The molecular weight excluding hydrogens is 320 g/mol. The van der Waals surface area contributed by atoms with E-state index in [1.54, 1.807) is 0 Å². The quantitative estimate of drug-likeness (QED) is 0.344. The molecule has 9 heteroatoms. The van der Waals surface area contributed by atoms with E-state index in [1.807, 2.05) is 0 Å². The fourth-order valence-electron chi connectivity index (χ4n) is 0.911. The summed E-state index contributed by atoms with van der Waals surface area (Å²) < 4.78 is 60.7. The van der Waals surface area contributed by atoms with Crippen molar-refractivity contribution in [1.29, 1.82) is 0 Å². The molecule has 0 atom stereocenters. The summed E-state index contributed by atoms with van der Waals surface area (Å²) >= 11 is 0. The summed E-state index contributed by atoms with van der Waals surface area (Å²) in [5.74, 6) is -0.867. The van der Waals surface area contributed by atoms with Crippen LogP contribution >= 0.6 is 0 Å². The van der Waals surface area contributed by atoms with Gasteiger partial charge < -0.3 is 9.11 Å². The Morgan fingerprint density at radius 2 is 0.933 bits per heavy atom. The van der Waals surface area contributed by atoms with Gasteiger partial charge in [0.25, 0.3) is 0 Å². The number of hydrogen-bond donors (Lipinski definition) is 0. The Morgan fingerprint density at radius 3 is 1.13 bits per heavy atom. The van der Waals surface area contributed by atoms with Gasteiger partial charge in [0.1, 0.15) is 0 Å². The molecule has 0 radical (unpaired) electrons. The second kappa shape index (κ2) is 8.40. The molecular formula is C6H12O6S2Sr. The molecule has 15 heavy (non-hydrogen) atoms. The molecule has 0 aliphatic heterocycles. The van der Waals surface area contributed by atoms with E-state index in [-0.39, 0.29) is 58.3 Å². The number of hydrogen-bond acceptors (Lipinski definition) is 6. The summed E-state index contributed by atoms with van der Waals surface area (Å²) in [6, 6.07) is 0. The molecule has 0 fully saturated rings. The zero-order valence-electron chi connectivity index (χ0n) is 8.22. The van der Waals surface area contributed by atoms with E-state index in [1.165, 1.54) is 0 Å². The first-order valence-corrected chi connectivity index (χ1v) is 7.23. The molecule has 0 unspecified atom stereocenters. The average Bonchev–Trinajstić information content (AvgIpc) is 1.92. The Hall–Kier alpha value is 1.30. The molecule has 6 nitrogen and oxygen atoms in total. The number of unbranched alkanes of at least 4 members (excludes halogenated alkanes) is 3. The Morgan fingerprint density at radius 1 is 0.667 bits per heavy atom. The van der Waals surface area contributed by atoms with Crippen LogP contribution in [-0.2, 0) is 20.2 Å². The molecule has 0 aromatic rings. The Labute approximate surface area is 127 Å². The normalized spacial score (nSPS) is 12.1. The van der Waals surface area contributed by atoms with Crippen molar-refractivity contribution in [2.24, 2.45) is 0 Å². The second-order valence-corrected chi connectivity index (χ2v) is 5.99. The van der Waals surface area contributed by atoms with Crippen molar-refractivity contribution in [3.05, 3.63) is 0 Å². The van der Waals surface area contributed by atoms with Gasteiger partial charge in [0, 0.05) is 11.5 Å². The zero-order valence-corrected chi connectivity index (χ0v) is 13.3. The first kappa shape index (κ1) is 18.7. The average molecular weight is 332 g/mol. The van der Waals surface area contributed by atoms with Crippen LogP contribution in [0.1, 0.15) is 25.7 Å². The van der Waals surface area contributed by atoms with E-state index in [9.17, 15) is 25.9 Å². The molecule has 86 valence electrons. The van der Waals surface area contributed by atoms with Gasteiger partial charge in [0.15, 0.2) is 0 Å². The van der Waals surface area contributed by atoms with Gasteiger partial charge in [-0.1, -0.05) is 12.8 Å². The smallest absolute Gasteiger partial charge is 0.748 e. The van der Waals surface area contributed by atoms with Crippen molar-refractivity contribution >= 4 is 65.7 Å². The Balaban J connectivity index is 0. The predicted octanol–water partition coefficient (Wildman–Crippen LogP) is -0.744. The summed E-state index contributed by atoms with van der Waals surface area (Å²) in [6.07, 6.45) is 1.31. The van der Waals surface area contributed by atoms with Gasteiger partial charge in [-0.15, -0.1) is 0 Å². The topological polar surface area (TPSA) is 114 Å². The fraction of sp³-hybridized carbons (Fsp3) is 1.00. The van der Waals surface area contributed by atoms with Crippen LogP contribution in [0.2, 0.25) is 0 Å². The summed E-state index contributed by atoms with van der Waals surface area (Å²) in [5, 5.41) is 0. The van der Waals surface area contributed by atoms with Gasteiger partial charge in [-0.05, 0) is 12.8 Å². The maximum atomic E-state index is 10.1. The van der Waals surface area contributed by atoms with Gasteiger partial charge in [0.05, 0.1) is 20.2 Å². The second-order valence-electron chi connectivity index (χ2n) is 2.94. The van der Waals surface area contributed by atoms with E-state index in [4.69, 9.17) is 0 Å². The molecule has 0 heterocycles. The Bertz CT molecular complexity index is 310. The van der Waals surface area contributed by atoms with Crippen molar-refractivity contribution in [2.45, 2.75) is 25.7 Å². The Kier molecular flexibility index (Phi) is 10.4. The molecule has 0 aromatic heterocycles. The van der Waals surface area contributed by atoms with Gasteiger partial charge in [-0.2, -0.15) is 0 Å². The van der Waals surface area contributed by atoms with E-state index in [0.29, 0.717) is 12.8 Å². The molecule has 0 rings (SSSR count). The number of rotatable bonds is 7. The third-order valence-electron chi connectivity index (χ3n) is 1.54. The van der Waals surface area contributed by atoms with E-state index in [2.05, 4.69) is 0 Å². The predicted molar refractivity (Wildman–Crippen MR) is 53.4 cm³/mol. The van der Waals surface area contributed by atoms with Crippen LogP contribution in [0, 0.1) is 0 Å². The van der Waals surface area contributed by atoms with Crippen molar-refractivity contribution in [1.82, 2.24) is 0 Å². The van der Waals surface area contributed by atoms with Crippen molar-refractivity contribution < 1.29 is 25.9 Å². The van der Waals surface area contributed by atoms with Crippen molar-refractivity contribution in [3.63, 3.8) is 0 Å². The van der Waals surface area contributed by atoms with Gasteiger partial charge in [0.2, 0.25) is 0 Å². The summed E-state index contributed by atoms with van der Waals surface area (Å²) in [7, 11) is -8.34. The van der Waals surface area contributed by atoms with Crippen LogP contribution in [0.3, 0.4) is 0 Å². The minimum Gasteiger partial charge on any atom is -0.748 e. The third kappa shape index (κ3) is 17.9. The van der Waals surface area contributed by atoms with Crippen LogP contribution < -0.4 is 0 Å². The minimum absolute atomic E-state index is 0. The molecule has 0 N–H and O–H groups in total. The monoisotopic (exact) mass is 332 g/mol. The molecule has 0 bridgehead atoms. The third-order valence-corrected chi connectivity index (χ3v) is 3.12. The van der Waals surface area contributed by atoms with Gasteiger partial charge in [-0.3, -0.25) is 0 Å².